The summed E-state index contributed by atoms with van der Waals surface area (Å²) in [6, 6.07) is 96.0. The SMILES string of the molecule is Brc1cc(Br)cc(-c2ccc3oc4ccc(Br)cc4c3c2)c1.O[B]Oc1ccc2oc3ccccc3c2c1.c1ccc2c(c1)oc1ccc(-c3cc(-c4ccc5oc6ccccc6c5c4)cc(-c4ccc5oc6ccc(-c7ccc8oc9ccccc9c8c7)cc6c5c4)c3)cc12. The first-order valence-corrected chi connectivity index (χ1v) is 33.5. The lowest BCUT2D eigenvalue weighted by Crippen LogP contribution is -1.98. The summed E-state index contributed by atoms with van der Waals surface area (Å²) in [5.74, 6) is 0.585. The molecule has 0 unspecified atom stereocenters. The third-order valence-corrected chi connectivity index (χ3v) is 19.4. The number of para-hydroxylation sites is 4. The molecule has 0 bridgehead atoms. The van der Waals surface area contributed by atoms with Gasteiger partial charge in [0.1, 0.15) is 72.7 Å². The van der Waals surface area contributed by atoms with Crippen LogP contribution >= 0.6 is 47.8 Å². The molecule has 0 saturated carbocycles. The number of hydrogen-bond donors (Lipinski definition) is 1. The van der Waals surface area contributed by atoms with E-state index >= 15 is 0 Å². The minimum atomic E-state index is 0.585. The van der Waals surface area contributed by atoms with Gasteiger partial charge in [0, 0.05) is 78.1 Å². The van der Waals surface area contributed by atoms with Gasteiger partial charge in [0.05, 0.1) is 0 Å². The maximum Gasteiger partial charge on any atom is 0.569 e. The van der Waals surface area contributed by atoms with Gasteiger partial charge in [-0.25, -0.2) is 0 Å². The van der Waals surface area contributed by atoms with Crippen molar-refractivity contribution in [2.45, 2.75) is 0 Å². The molecule has 0 atom stereocenters. The molecule has 0 fully saturated rings. The van der Waals surface area contributed by atoms with E-state index in [0.29, 0.717) is 13.4 Å². The second kappa shape index (κ2) is 23.6. The summed E-state index contributed by atoms with van der Waals surface area (Å²) in [6.45, 7) is 0. The third-order valence-electron chi connectivity index (χ3n) is 18.0. The highest BCUT2D eigenvalue weighted by Gasteiger charge is 2.18. The van der Waals surface area contributed by atoms with Gasteiger partial charge in [0.15, 0.2) is 0 Å². The molecular formula is C84H47BBr3O8. The second-order valence-corrected chi connectivity index (χ2v) is 26.6. The van der Waals surface area contributed by atoms with Crippen molar-refractivity contribution >= 4 is 187 Å². The average Bonchev–Trinajstić information content (AvgIpc) is 1.08. The first-order chi connectivity index (χ1) is 47.1. The van der Waals surface area contributed by atoms with E-state index in [1.165, 1.54) is 0 Å². The van der Waals surface area contributed by atoms with Crippen molar-refractivity contribution in [1.29, 1.82) is 0 Å². The maximum atomic E-state index is 8.58. The highest BCUT2D eigenvalue weighted by Crippen LogP contribution is 2.43. The van der Waals surface area contributed by atoms with E-state index in [1.807, 2.05) is 97.1 Å². The van der Waals surface area contributed by atoms with Crippen LogP contribution < -0.4 is 4.65 Å². The number of halogens is 3. The van der Waals surface area contributed by atoms with Crippen LogP contribution in [0.5, 0.6) is 5.75 Å². The van der Waals surface area contributed by atoms with E-state index in [1.54, 1.807) is 6.07 Å². The van der Waals surface area contributed by atoms with Crippen LogP contribution in [0.2, 0.25) is 0 Å². The van der Waals surface area contributed by atoms with E-state index in [9.17, 15) is 0 Å². The topological polar surface area (TPSA) is 108 Å². The predicted molar refractivity (Wildman–Crippen MR) is 402 cm³/mol. The molecular weight excluding hydrogens is 1390 g/mol. The summed E-state index contributed by atoms with van der Waals surface area (Å²) in [5.41, 5.74) is 21.8. The number of furan rings is 6. The summed E-state index contributed by atoms with van der Waals surface area (Å²) in [6.07, 6.45) is 0. The van der Waals surface area contributed by atoms with Crippen molar-refractivity contribution in [3.8, 4) is 61.4 Å². The van der Waals surface area contributed by atoms with Crippen LogP contribution in [0.1, 0.15) is 0 Å². The number of fused-ring (bicyclic) bond motifs is 18. The Balaban J connectivity index is 0.000000143. The molecule has 0 aliphatic heterocycles. The van der Waals surface area contributed by atoms with Gasteiger partial charge in [-0.05, 0) is 225 Å². The van der Waals surface area contributed by atoms with Crippen LogP contribution in [0.15, 0.2) is 319 Å². The molecule has 6 aromatic heterocycles. The zero-order chi connectivity index (χ0) is 64.1. The van der Waals surface area contributed by atoms with Crippen LogP contribution in [0.25, 0.3) is 187 Å². The van der Waals surface area contributed by atoms with Gasteiger partial charge < -0.3 is 36.2 Å². The summed E-state index contributed by atoms with van der Waals surface area (Å²) < 4.78 is 44.6. The molecule has 0 spiro atoms. The van der Waals surface area contributed by atoms with Crippen LogP contribution in [0, 0.1) is 0 Å². The molecule has 8 nitrogen and oxygen atoms in total. The van der Waals surface area contributed by atoms with E-state index < -0.39 is 0 Å². The number of rotatable bonds is 7. The molecule has 0 aliphatic carbocycles. The lowest BCUT2D eigenvalue weighted by atomic mass is 9.92. The molecule has 0 amide bonds. The molecule has 455 valence electrons. The van der Waals surface area contributed by atoms with E-state index in [4.69, 9.17) is 36.2 Å². The van der Waals surface area contributed by atoms with Crippen molar-refractivity contribution in [2.75, 3.05) is 0 Å². The highest BCUT2D eigenvalue weighted by molar-refractivity contribution is 9.11. The van der Waals surface area contributed by atoms with Gasteiger partial charge >= 0.3 is 7.69 Å². The van der Waals surface area contributed by atoms with Crippen molar-refractivity contribution in [3.05, 3.63) is 292 Å². The smallest absolute Gasteiger partial charge is 0.537 e. The molecule has 1 N–H and O–H groups in total. The Hall–Kier alpha value is -10.9. The molecule has 14 aromatic carbocycles. The van der Waals surface area contributed by atoms with Gasteiger partial charge in [0.2, 0.25) is 0 Å². The van der Waals surface area contributed by atoms with E-state index in [2.05, 4.69) is 224 Å². The van der Waals surface area contributed by atoms with Crippen molar-refractivity contribution in [2.24, 2.45) is 0 Å². The minimum Gasteiger partial charge on any atom is -0.537 e. The standard InChI is InChI=1S/C54H30O4.C18H9Br3O.C12H8BO3/c1-4-10-47-39(7-1)42-26-31(13-18-50(42)55-47)32-14-19-53-45(27-32)46-30-35(17-22-54(46)58-53)38-24-36(33-15-20-51-43(28-33)40-8-2-5-11-48(40)56-51)23-37(25-38)34-16-21-52-44(29-34)41-9-3-6-12-49(41)57-52;19-12-2-4-18-16(9-12)15-7-10(1-3-17(15)22-18)11-5-13(20)8-14(21)6-11;14-13-16-8-5-6-12-10(7-8)9-3-1-2-4-11(9)15-12/h1-30H;1-9H;1-7,14H. The number of hydrogen-bond acceptors (Lipinski definition) is 8. The van der Waals surface area contributed by atoms with Gasteiger partial charge in [-0.2, -0.15) is 0 Å². The fraction of sp³-hybridized carbons (Fsp3) is 0. The molecule has 20 aromatic rings. The first kappa shape index (κ1) is 57.8. The Labute approximate surface area is 572 Å². The van der Waals surface area contributed by atoms with Gasteiger partial charge in [0.25, 0.3) is 0 Å². The highest BCUT2D eigenvalue weighted by atomic mass is 79.9. The predicted octanol–water partition coefficient (Wildman–Crippen LogP) is 26.0. The number of benzene rings is 14. The molecule has 6 heterocycles. The Kier molecular flexibility index (Phi) is 14.2. The summed E-state index contributed by atoms with van der Waals surface area (Å²) in [4.78, 5) is 0. The Bertz CT molecular complexity index is 6350. The lowest BCUT2D eigenvalue weighted by molar-refractivity contribution is 0.454. The largest absolute Gasteiger partial charge is 0.569 e. The van der Waals surface area contributed by atoms with E-state index in [0.717, 1.165) is 201 Å². The van der Waals surface area contributed by atoms with Crippen LogP contribution in [-0.4, -0.2) is 12.7 Å². The second-order valence-electron chi connectivity index (χ2n) is 23.8. The lowest BCUT2D eigenvalue weighted by Gasteiger charge is -2.12. The Morgan fingerprint density at radius 2 is 0.458 bits per heavy atom. The van der Waals surface area contributed by atoms with Crippen molar-refractivity contribution in [3.63, 3.8) is 0 Å². The summed E-state index contributed by atoms with van der Waals surface area (Å²) in [5, 5.41) is 21.7. The Morgan fingerprint density at radius 3 is 0.792 bits per heavy atom. The quantitative estimate of drug-likeness (QED) is 0.157. The zero-order valence-corrected chi connectivity index (χ0v) is 55.3. The Morgan fingerprint density at radius 1 is 0.208 bits per heavy atom. The maximum absolute atomic E-state index is 8.58. The van der Waals surface area contributed by atoms with Gasteiger partial charge in [-0.15, -0.1) is 0 Å². The fourth-order valence-electron chi connectivity index (χ4n) is 13.5. The van der Waals surface area contributed by atoms with Gasteiger partial charge in [-0.3, -0.25) is 0 Å². The summed E-state index contributed by atoms with van der Waals surface area (Å²) >= 11 is 10.6. The zero-order valence-electron chi connectivity index (χ0n) is 50.6. The average molecular weight is 1430 g/mol. The van der Waals surface area contributed by atoms with Crippen LogP contribution in [0.4, 0.5) is 0 Å². The molecule has 0 saturated heterocycles. The summed E-state index contributed by atoms with van der Waals surface area (Å²) in [7, 11) is 0.670. The van der Waals surface area contributed by atoms with E-state index in [-0.39, 0.29) is 0 Å². The molecule has 1 radical (unpaired) electrons. The van der Waals surface area contributed by atoms with Gasteiger partial charge in [-0.1, -0.05) is 157 Å². The van der Waals surface area contributed by atoms with Crippen LogP contribution in [-0.2, 0) is 0 Å². The first-order valence-electron chi connectivity index (χ1n) is 31.1. The van der Waals surface area contributed by atoms with Crippen molar-refractivity contribution < 1.29 is 36.2 Å². The monoisotopic (exact) mass is 1430 g/mol. The molecule has 12 heteroatoms. The normalized spacial score (nSPS) is 11.8. The van der Waals surface area contributed by atoms with Crippen molar-refractivity contribution in [1.82, 2.24) is 0 Å². The minimum absolute atomic E-state index is 0.585. The molecule has 96 heavy (non-hydrogen) atoms. The van der Waals surface area contributed by atoms with Crippen LogP contribution in [0.3, 0.4) is 0 Å². The molecule has 0 aliphatic rings. The fourth-order valence-corrected chi connectivity index (χ4v) is 15.1. The third kappa shape index (κ3) is 10.4. The molecule has 20 rings (SSSR count).